The number of hydrogen-bond acceptors (Lipinski definition) is 5. The van der Waals surface area contributed by atoms with Crippen LogP contribution in [0, 0.1) is 13.8 Å². The van der Waals surface area contributed by atoms with Crippen molar-refractivity contribution in [2.24, 2.45) is 0 Å². The number of hydrogen-bond donors (Lipinski definition) is 1. The van der Waals surface area contributed by atoms with Gasteiger partial charge in [-0.25, -0.2) is 9.97 Å². The molecular formula is C23H17F3N2O3S2. The largest absolute Gasteiger partial charge is 0.416 e. The molecule has 4 aromatic rings. The fourth-order valence-corrected chi connectivity index (χ4v) is 5.28. The predicted molar refractivity (Wildman–Crippen MR) is 121 cm³/mol. The third-order valence-corrected chi connectivity index (χ3v) is 7.29. The van der Waals surface area contributed by atoms with Crippen molar-refractivity contribution >= 4 is 21.5 Å². The lowest BCUT2D eigenvalue weighted by Crippen LogP contribution is -2.07. The summed E-state index contributed by atoms with van der Waals surface area (Å²) in [7, 11) is -4.38. The van der Waals surface area contributed by atoms with E-state index in [9.17, 15) is 26.1 Å². The minimum absolute atomic E-state index is 0.0926. The lowest BCUT2D eigenvalue weighted by atomic mass is 10.0. The van der Waals surface area contributed by atoms with E-state index in [1.165, 1.54) is 19.1 Å². The highest BCUT2D eigenvalue weighted by molar-refractivity contribution is 7.88. The molecule has 0 bridgehead atoms. The molecule has 0 aliphatic heterocycles. The summed E-state index contributed by atoms with van der Waals surface area (Å²) in [5.74, 6) is 0.341. The van der Waals surface area contributed by atoms with Crippen LogP contribution in [0.3, 0.4) is 0 Å². The maximum absolute atomic E-state index is 13.1. The number of halogens is 3. The van der Waals surface area contributed by atoms with Crippen LogP contribution >= 0.6 is 11.3 Å². The molecule has 2 heterocycles. The van der Waals surface area contributed by atoms with Crippen LogP contribution in [0.4, 0.5) is 13.2 Å². The van der Waals surface area contributed by atoms with Gasteiger partial charge in [-0.3, -0.25) is 4.55 Å². The molecule has 2 aromatic carbocycles. The van der Waals surface area contributed by atoms with Gasteiger partial charge in [-0.2, -0.15) is 21.6 Å². The summed E-state index contributed by atoms with van der Waals surface area (Å²) in [5, 5.41) is 1.57. The maximum Gasteiger partial charge on any atom is 0.416 e. The Balaban J connectivity index is 1.78. The first kappa shape index (κ1) is 23.1. The molecule has 0 radical (unpaired) electrons. The van der Waals surface area contributed by atoms with Crippen molar-refractivity contribution in [3.05, 3.63) is 76.8 Å². The topological polar surface area (TPSA) is 80.2 Å². The molecule has 0 unspecified atom stereocenters. The van der Waals surface area contributed by atoms with Gasteiger partial charge in [0.1, 0.15) is 0 Å². The van der Waals surface area contributed by atoms with Crippen LogP contribution in [-0.2, 0) is 16.3 Å². The van der Waals surface area contributed by atoms with E-state index in [1.807, 2.05) is 0 Å². The van der Waals surface area contributed by atoms with Gasteiger partial charge < -0.3 is 0 Å². The van der Waals surface area contributed by atoms with Gasteiger partial charge in [0.2, 0.25) is 0 Å². The van der Waals surface area contributed by atoms with E-state index in [1.54, 1.807) is 48.7 Å². The lowest BCUT2D eigenvalue weighted by molar-refractivity contribution is -0.138. The summed E-state index contributed by atoms with van der Waals surface area (Å²) in [6.07, 6.45) is -4.43. The number of alkyl halides is 3. The van der Waals surface area contributed by atoms with Crippen molar-refractivity contribution in [3.8, 4) is 33.8 Å². The monoisotopic (exact) mass is 490 g/mol. The van der Waals surface area contributed by atoms with Gasteiger partial charge >= 0.3 is 16.3 Å². The molecule has 0 fully saturated rings. The Morgan fingerprint density at radius 2 is 1.64 bits per heavy atom. The van der Waals surface area contributed by atoms with E-state index in [4.69, 9.17) is 0 Å². The fourth-order valence-electron chi connectivity index (χ4n) is 3.52. The zero-order valence-electron chi connectivity index (χ0n) is 17.4. The molecule has 0 atom stereocenters. The first-order valence-corrected chi connectivity index (χ1v) is 11.9. The first-order chi connectivity index (χ1) is 15.4. The highest BCUT2D eigenvalue weighted by atomic mass is 32.3. The molecule has 0 saturated carbocycles. The standard InChI is InChI=1S/C23H17F3N2O3S2/c1-13-10-16(6-7-19(13)23(24,25)26)20-11-14(2)27-21(28-20)17-5-3-4-15(12-17)18-8-9-32-22(18)33(29,30)31/h3-12H,1-2H3,(H,29,30,31). The van der Waals surface area contributed by atoms with Crippen LogP contribution in [0.15, 0.2) is 64.2 Å². The van der Waals surface area contributed by atoms with Gasteiger partial charge in [-0.15, -0.1) is 11.3 Å². The quantitative estimate of drug-likeness (QED) is 0.334. The molecule has 33 heavy (non-hydrogen) atoms. The molecule has 0 aliphatic carbocycles. The molecule has 0 saturated heterocycles. The first-order valence-electron chi connectivity index (χ1n) is 9.63. The summed E-state index contributed by atoms with van der Waals surface area (Å²) < 4.78 is 72.0. The fraction of sp³-hybridized carbons (Fsp3) is 0.130. The zero-order chi connectivity index (χ0) is 24.0. The predicted octanol–water partition coefficient (Wildman–Crippen LogP) is 6.42. The van der Waals surface area contributed by atoms with Gasteiger partial charge in [0.15, 0.2) is 10.0 Å². The normalized spacial score (nSPS) is 12.2. The second-order valence-corrected chi connectivity index (χ2v) is 9.96. The van der Waals surface area contributed by atoms with Crippen LogP contribution < -0.4 is 0 Å². The van der Waals surface area contributed by atoms with Gasteiger partial charge in [0, 0.05) is 22.4 Å². The van der Waals surface area contributed by atoms with Crippen molar-refractivity contribution in [1.29, 1.82) is 0 Å². The summed E-state index contributed by atoms with van der Waals surface area (Å²) >= 11 is 0.910. The zero-order valence-corrected chi connectivity index (χ0v) is 19.0. The summed E-state index contributed by atoms with van der Waals surface area (Å²) in [6.45, 7) is 3.16. The molecular weight excluding hydrogens is 473 g/mol. The number of aryl methyl sites for hydroxylation is 2. The van der Waals surface area contributed by atoms with E-state index in [0.717, 1.165) is 17.4 Å². The summed E-state index contributed by atoms with van der Waals surface area (Å²) in [4.78, 5) is 8.99. The van der Waals surface area contributed by atoms with E-state index >= 15 is 0 Å². The van der Waals surface area contributed by atoms with Gasteiger partial charge in [0.05, 0.1) is 11.3 Å². The third-order valence-electron chi connectivity index (χ3n) is 4.98. The number of thiophene rings is 1. The van der Waals surface area contributed by atoms with Crippen molar-refractivity contribution in [2.75, 3.05) is 0 Å². The van der Waals surface area contributed by atoms with Crippen molar-refractivity contribution in [3.63, 3.8) is 0 Å². The molecule has 170 valence electrons. The molecule has 4 rings (SSSR count). The second kappa shape index (κ2) is 8.36. The smallest absolute Gasteiger partial charge is 0.281 e. The van der Waals surface area contributed by atoms with E-state index in [2.05, 4.69) is 9.97 Å². The SMILES string of the molecule is Cc1cc(-c2ccc(C(F)(F)F)c(C)c2)nc(-c2cccc(-c3ccsc3S(=O)(=O)O)c2)n1. The molecule has 0 amide bonds. The average molecular weight is 491 g/mol. The Morgan fingerprint density at radius 3 is 2.30 bits per heavy atom. The van der Waals surface area contributed by atoms with Crippen LogP contribution in [0.1, 0.15) is 16.8 Å². The minimum atomic E-state index is -4.43. The third kappa shape index (κ3) is 4.82. The van der Waals surface area contributed by atoms with Crippen LogP contribution in [0.5, 0.6) is 0 Å². The number of aromatic nitrogens is 2. The highest BCUT2D eigenvalue weighted by Crippen LogP contribution is 2.35. The highest BCUT2D eigenvalue weighted by Gasteiger charge is 2.32. The average Bonchev–Trinajstić information content (AvgIpc) is 3.23. The van der Waals surface area contributed by atoms with E-state index in [-0.39, 0.29) is 9.77 Å². The van der Waals surface area contributed by atoms with Crippen LogP contribution in [0.25, 0.3) is 33.8 Å². The van der Waals surface area contributed by atoms with Crippen molar-refractivity contribution in [2.45, 2.75) is 24.2 Å². The van der Waals surface area contributed by atoms with E-state index in [0.29, 0.717) is 39.5 Å². The van der Waals surface area contributed by atoms with E-state index < -0.39 is 21.9 Å². The molecule has 0 aliphatic rings. The number of rotatable bonds is 4. The molecule has 0 spiro atoms. The summed E-state index contributed by atoms with van der Waals surface area (Å²) in [5.41, 5.74) is 2.50. The molecule has 10 heteroatoms. The lowest BCUT2D eigenvalue weighted by Gasteiger charge is -2.12. The number of nitrogens with zero attached hydrogens (tertiary/aromatic N) is 2. The van der Waals surface area contributed by atoms with Gasteiger partial charge in [-0.1, -0.05) is 24.3 Å². The maximum atomic E-state index is 13.1. The second-order valence-electron chi connectivity index (χ2n) is 7.42. The Kier molecular flexibility index (Phi) is 5.85. The minimum Gasteiger partial charge on any atom is -0.281 e. The van der Waals surface area contributed by atoms with Crippen molar-refractivity contribution < 1.29 is 26.1 Å². The molecule has 1 N–H and O–H groups in total. The van der Waals surface area contributed by atoms with Crippen LogP contribution in [-0.4, -0.2) is 22.9 Å². The number of benzene rings is 2. The van der Waals surface area contributed by atoms with Gasteiger partial charge in [-0.05, 0) is 60.7 Å². The Morgan fingerprint density at radius 1 is 0.909 bits per heavy atom. The van der Waals surface area contributed by atoms with Crippen LogP contribution in [0.2, 0.25) is 0 Å². The Bertz CT molecular complexity index is 1460. The van der Waals surface area contributed by atoms with Gasteiger partial charge in [0.25, 0.3) is 0 Å². The van der Waals surface area contributed by atoms with Crippen molar-refractivity contribution in [1.82, 2.24) is 9.97 Å². The molecule has 5 nitrogen and oxygen atoms in total. The molecule has 2 aromatic heterocycles. The Labute approximate surface area is 192 Å². The summed E-state index contributed by atoms with van der Waals surface area (Å²) in [6, 6.07) is 14.0. The Hall–Kier alpha value is -3.08.